The molecule has 0 bridgehead atoms. The lowest BCUT2D eigenvalue weighted by Crippen LogP contribution is -2.27. The fraction of sp³-hybridized carbons (Fsp3) is 0.143. The molecule has 0 unspecified atom stereocenters. The van der Waals surface area contributed by atoms with E-state index < -0.39 is 17.9 Å². The van der Waals surface area contributed by atoms with Gasteiger partial charge >= 0.3 is 5.97 Å². The number of H-pyrrole nitrogens is 1. The SMILES string of the molecule is O=C(O)CCC(=O)N1N=C(c2c(-c3ccccc3)c3cc(Cl)ccc3[nH]c2=O)C[C@H]1c1cccc(Br)c1. The van der Waals surface area contributed by atoms with Crippen LogP contribution in [0.3, 0.4) is 0 Å². The number of amides is 1. The molecule has 1 aliphatic rings. The topological polar surface area (TPSA) is 103 Å². The van der Waals surface area contributed by atoms with E-state index in [1.54, 1.807) is 18.2 Å². The van der Waals surface area contributed by atoms with Gasteiger partial charge in [-0.3, -0.25) is 14.4 Å². The summed E-state index contributed by atoms with van der Waals surface area (Å²) in [4.78, 5) is 40.7. The van der Waals surface area contributed by atoms with Crippen LogP contribution in [0, 0.1) is 0 Å². The Bertz CT molecular complexity index is 1620. The molecule has 1 amide bonds. The van der Waals surface area contributed by atoms with Gasteiger partial charge in [-0.2, -0.15) is 5.10 Å². The lowest BCUT2D eigenvalue weighted by molar-refractivity contribution is -0.141. The summed E-state index contributed by atoms with van der Waals surface area (Å²) in [5.74, 6) is -1.49. The van der Waals surface area contributed by atoms with E-state index in [1.165, 1.54) is 5.01 Å². The molecule has 0 spiro atoms. The molecule has 3 aromatic carbocycles. The molecule has 9 heteroatoms. The zero-order valence-corrected chi connectivity index (χ0v) is 21.8. The van der Waals surface area contributed by atoms with Crippen molar-refractivity contribution in [3.63, 3.8) is 0 Å². The first kappa shape index (κ1) is 24.9. The summed E-state index contributed by atoms with van der Waals surface area (Å²) in [5.41, 5.74) is 3.40. The first-order valence-corrected chi connectivity index (χ1v) is 12.8. The van der Waals surface area contributed by atoms with E-state index in [0.717, 1.165) is 21.0 Å². The number of aliphatic carboxylic acids is 1. The normalized spacial score (nSPS) is 15.1. The number of carboxylic acids is 1. The highest BCUT2D eigenvalue weighted by molar-refractivity contribution is 9.10. The van der Waals surface area contributed by atoms with Crippen LogP contribution in [0.25, 0.3) is 22.0 Å². The number of aromatic nitrogens is 1. The predicted octanol–water partition coefficient (Wildman–Crippen LogP) is 6.15. The molecule has 186 valence electrons. The van der Waals surface area contributed by atoms with E-state index in [1.807, 2.05) is 54.6 Å². The predicted molar refractivity (Wildman–Crippen MR) is 147 cm³/mol. The highest BCUT2D eigenvalue weighted by atomic mass is 79.9. The minimum absolute atomic E-state index is 0.203. The summed E-state index contributed by atoms with van der Waals surface area (Å²) in [5, 5.41) is 16.3. The Morgan fingerprint density at radius 1 is 1.03 bits per heavy atom. The standard InChI is InChI=1S/C28H21BrClN3O4/c29-18-8-4-7-17(13-18)23-15-22(32-33(23)24(34)11-12-25(35)36)27-26(16-5-2-1-3-6-16)20-14-19(30)9-10-21(20)31-28(27)37/h1-10,13-14,23H,11-12,15H2,(H,31,37)(H,35,36)/t23-/m0/s1. The summed E-state index contributed by atoms with van der Waals surface area (Å²) in [7, 11) is 0. The smallest absolute Gasteiger partial charge is 0.303 e. The van der Waals surface area contributed by atoms with Crippen LogP contribution in [-0.2, 0) is 9.59 Å². The second-order valence-corrected chi connectivity index (χ2v) is 10.1. The lowest BCUT2D eigenvalue weighted by atomic mass is 9.91. The molecule has 5 rings (SSSR count). The Morgan fingerprint density at radius 3 is 2.54 bits per heavy atom. The second kappa shape index (κ2) is 10.3. The number of aromatic amines is 1. The van der Waals surface area contributed by atoms with Crippen LogP contribution in [0.15, 0.2) is 87.2 Å². The number of carbonyl (C=O) groups excluding carboxylic acids is 1. The average Bonchev–Trinajstić information content (AvgIpc) is 3.32. The number of hydrogen-bond acceptors (Lipinski definition) is 4. The molecule has 0 radical (unpaired) electrons. The number of nitrogens with one attached hydrogen (secondary N) is 1. The first-order chi connectivity index (χ1) is 17.8. The summed E-state index contributed by atoms with van der Waals surface area (Å²) in [6.45, 7) is 0. The van der Waals surface area contributed by atoms with Crippen LogP contribution in [0.5, 0.6) is 0 Å². The number of fused-ring (bicyclic) bond motifs is 1. The second-order valence-electron chi connectivity index (χ2n) is 8.71. The number of hydrazone groups is 1. The largest absolute Gasteiger partial charge is 0.481 e. The third-order valence-electron chi connectivity index (χ3n) is 6.28. The van der Waals surface area contributed by atoms with Crippen molar-refractivity contribution >= 4 is 56.0 Å². The number of nitrogens with zero attached hydrogens (tertiary/aromatic N) is 2. The van der Waals surface area contributed by atoms with Gasteiger partial charge in [0, 0.05) is 38.8 Å². The van der Waals surface area contributed by atoms with Crippen molar-refractivity contribution in [3.8, 4) is 11.1 Å². The molecule has 37 heavy (non-hydrogen) atoms. The fourth-order valence-electron chi connectivity index (χ4n) is 4.64. The summed E-state index contributed by atoms with van der Waals surface area (Å²) < 4.78 is 0.833. The maximum atomic E-state index is 13.5. The van der Waals surface area contributed by atoms with Crippen molar-refractivity contribution in [2.24, 2.45) is 5.10 Å². The molecular weight excluding hydrogens is 558 g/mol. The van der Waals surface area contributed by atoms with Gasteiger partial charge in [0.1, 0.15) is 0 Å². The van der Waals surface area contributed by atoms with Crippen LogP contribution in [0.4, 0.5) is 0 Å². The lowest BCUT2D eigenvalue weighted by Gasteiger charge is -2.22. The highest BCUT2D eigenvalue weighted by Crippen LogP contribution is 2.38. The van der Waals surface area contributed by atoms with Gasteiger partial charge in [0.2, 0.25) is 5.91 Å². The van der Waals surface area contributed by atoms with Gasteiger partial charge < -0.3 is 10.1 Å². The minimum atomic E-state index is -1.06. The molecule has 7 nitrogen and oxygen atoms in total. The molecule has 0 fully saturated rings. The molecule has 2 N–H and O–H groups in total. The van der Waals surface area contributed by atoms with E-state index in [2.05, 4.69) is 26.0 Å². The van der Waals surface area contributed by atoms with Crippen LogP contribution in [-0.4, -0.2) is 32.7 Å². The van der Waals surface area contributed by atoms with Gasteiger partial charge in [-0.25, -0.2) is 5.01 Å². The van der Waals surface area contributed by atoms with Gasteiger partial charge in [-0.05, 0) is 41.5 Å². The summed E-state index contributed by atoms with van der Waals surface area (Å²) in [6, 6.07) is 21.8. The zero-order chi connectivity index (χ0) is 26.1. The van der Waals surface area contributed by atoms with Crippen molar-refractivity contribution < 1.29 is 14.7 Å². The van der Waals surface area contributed by atoms with E-state index >= 15 is 0 Å². The van der Waals surface area contributed by atoms with E-state index in [0.29, 0.717) is 27.4 Å². The highest BCUT2D eigenvalue weighted by Gasteiger charge is 2.35. The maximum Gasteiger partial charge on any atom is 0.303 e. The molecule has 4 aromatic rings. The average molecular weight is 579 g/mol. The molecule has 0 saturated carbocycles. The van der Waals surface area contributed by atoms with Gasteiger partial charge in [-0.15, -0.1) is 0 Å². The van der Waals surface area contributed by atoms with Crippen LogP contribution < -0.4 is 5.56 Å². The molecule has 2 heterocycles. The maximum absolute atomic E-state index is 13.5. The fourth-order valence-corrected chi connectivity index (χ4v) is 5.23. The zero-order valence-electron chi connectivity index (χ0n) is 19.4. The monoisotopic (exact) mass is 577 g/mol. The minimum Gasteiger partial charge on any atom is -0.481 e. The van der Waals surface area contributed by atoms with E-state index in [4.69, 9.17) is 16.7 Å². The van der Waals surface area contributed by atoms with Crippen LogP contribution in [0.2, 0.25) is 5.02 Å². The summed E-state index contributed by atoms with van der Waals surface area (Å²) in [6.07, 6.45) is -0.230. The first-order valence-electron chi connectivity index (χ1n) is 11.6. The van der Waals surface area contributed by atoms with Crippen molar-refractivity contribution in [3.05, 3.63) is 104 Å². The summed E-state index contributed by atoms with van der Waals surface area (Å²) >= 11 is 9.82. The van der Waals surface area contributed by atoms with Crippen LogP contribution >= 0.6 is 27.5 Å². The Labute approximate surface area is 225 Å². The molecule has 1 atom stereocenters. The Balaban J connectivity index is 1.70. The number of benzene rings is 3. The van der Waals surface area contributed by atoms with Crippen LogP contribution in [0.1, 0.15) is 36.4 Å². The molecule has 1 aromatic heterocycles. The van der Waals surface area contributed by atoms with Crippen molar-refractivity contribution in [2.75, 3.05) is 0 Å². The number of carbonyl (C=O) groups is 2. The van der Waals surface area contributed by atoms with Crippen molar-refractivity contribution in [1.29, 1.82) is 0 Å². The molecule has 0 aliphatic carbocycles. The number of halogens is 2. The molecule has 0 saturated heterocycles. The van der Waals surface area contributed by atoms with E-state index in [9.17, 15) is 14.4 Å². The Morgan fingerprint density at radius 2 is 1.81 bits per heavy atom. The third kappa shape index (κ3) is 5.08. The Kier molecular flexibility index (Phi) is 6.95. The third-order valence-corrected chi connectivity index (χ3v) is 7.01. The molecule has 1 aliphatic heterocycles. The van der Waals surface area contributed by atoms with Crippen molar-refractivity contribution in [2.45, 2.75) is 25.3 Å². The van der Waals surface area contributed by atoms with Gasteiger partial charge in [0.05, 0.1) is 23.7 Å². The number of hydrogen-bond donors (Lipinski definition) is 2. The number of carboxylic acid groups (broad SMARTS) is 1. The number of rotatable bonds is 6. The van der Waals surface area contributed by atoms with Gasteiger partial charge in [0.25, 0.3) is 5.56 Å². The van der Waals surface area contributed by atoms with Crippen molar-refractivity contribution in [1.82, 2.24) is 9.99 Å². The van der Waals surface area contributed by atoms with Gasteiger partial charge in [-0.1, -0.05) is 70.0 Å². The number of pyridine rings is 1. The van der Waals surface area contributed by atoms with Gasteiger partial charge in [0.15, 0.2) is 0 Å². The quantitative estimate of drug-likeness (QED) is 0.286. The van der Waals surface area contributed by atoms with E-state index in [-0.39, 0.29) is 24.8 Å². The molecular formula is C28H21BrClN3O4. The Hall–Kier alpha value is -3.75.